The first-order chi connectivity index (χ1) is 10.1. The van der Waals surface area contributed by atoms with Crippen LogP contribution in [0.4, 0.5) is 0 Å². The molecule has 1 unspecified atom stereocenters. The van der Waals surface area contributed by atoms with Crippen molar-refractivity contribution in [2.45, 2.75) is 6.10 Å². The first kappa shape index (κ1) is 15.3. The molecule has 2 amide bonds. The lowest BCUT2D eigenvalue weighted by Gasteiger charge is -2.32. The van der Waals surface area contributed by atoms with Gasteiger partial charge in [0.15, 0.2) is 6.61 Å². The molecule has 0 bridgehead atoms. The minimum atomic E-state index is -0.607. The van der Waals surface area contributed by atoms with Crippen LogP contribution < -0.4 is 10.5 Å². The molecule has 1 heterocycles. The van der Waals surface area contributed by atoms with Crippen molar-refractivity contribution in [3.05, 3.63) is 29.8 Å². The van der Waals surface area contributed by atoms with Gasteiger partial charge in [-0.05, 0) is 12.1 Å². The highest BCUT2D eigenvalue weighted by Crippen LogP contribution is 2.17. The molecule has 1 aliphatic rings. The zero-order valence-electron chi connectivity index (χ0n) is 11.5. The minimum absolute atomic E-state index is 0.130. The van der Waals surface area contributed by atoms with Crippen LogP contribution in [0.1, 0.15) is 10.4 Å². The van der Waals surface area contributed by atoms with Crippen LogP contribution in [-0.2, 0) is 9.53 Å². The number of aliphatic hydroxyl groups excluding tert-OH is 1. The highest BCUT2D eigenvalue weighted by molar-refractivity contribution is 5.95. The van der Waals surface area contributed by atoms with E-state index in [0.29, 0.717) is 19.7 Å². The van der Waals surface area contributed by atoms with E-state index in [1.54, 1.807) is 29.2 Å². The highest BCUT2D eigenvalue weighted by atomic mass is 16.5. The fourth-order valence-corrected chi connectivity index (χ4v) is 2.08. The van der Waals surface area contributed by atoms with Gasteiger partial charge in [-0.2, -0.15) is 0 Å². The second kappa shape index (κ2) is 7.05. The summed E-state index contributed by atoms with van der Waals surface area (Å²) in [6.45, 7) is 0.846. The van der Waals surface area contributed by atoms with Gasteiger partial charge in [-0.15, -0.1) is 0 Å². The van der Waals surface area contributed by atoms with E-state index in [1.165, 1.54) is 0 Å². The van der Waals surface area contributed by atoms with Gasteiger partial charge in [0.2, 0.25) is 0 Å². The summed E-state index contributed by atoms with van der Waals surface area (Å²) >= 11 is 0. The third kappa shape index (κ3) is 3.93. The Hall–Kier alpha value is -2.12. The zero-order valence-corrected chi connectivity index (χ0v) is 11.5. The molecule has 1 aromatic rings. The van der Waals surface area contributed by atoms with Gasteiger partial charge < -0.3 is 25.2 Å². The molecular weight excluding hydrogens is 276 g/mol. The Morgan fingerprint density at radius 1 is 1.43 bits per heavy atom. The maximum Gasteiger partial charge on any atom is 0.260 e. The number of amides is 2. The lowest BCUT2D eigenvalue weighted by molar-refractivity contribution is -0.142. The fourth-order valence-electron chi connectivity index (χ4n) is 2.08. The number of hydrogen-bond acceptors (Lipinski definition) is 5. The summed E-state index contributed by atoms with van der Waals surface area (Å²) in [5, 5.41) is 9.05. The van der Waals surface area contributed by atoms with Crippen LogP contribution in [0.3, 0.4) is 0 Å². The standard InChI is InChI=1S/C14H18N2O5/c15-14(19)11-3-1-2-4-12(11)21-9-13(18)16-5-6-20-10(7-16)8-17/h1-4,10,17H,5-9H2,(H2,15,19). The van der Waals surface area contributed by atoms with Crippen LogP contribution in [0.5, 0.6) is 5.75 Å². The molecule has 21 heavy (non-hydrogen) atoms. The second-order valence-corrected chi connectivity index (χ2v) is 4.66. The van der Waals surface area contributed by atoms with Crippen molar-refractivity contribution < 1.29 is 24.2 Å². The molecular formula is C14H18N2O5. The molecule has 0 radical (unpaired) electrons. The number of carbonyl (C=O) groups is 2. The Morgan fingerprint density at radius 2 is 2.19 bits per heavy atom. The van der Waals surface area contributed by atoms with Gasteiger partial charge in [-0.3, -0.25) is 9.59 Å². The Bertz CT molecular complexity index is 520. The highest BCUT2D eigenvalue weighted by Gasteiger charge is 2.24. The number of primary amides is 1. The molecule has 0 saturated carbocycles. The van der Waals surface area contributed by atoms with E-state index in [9.17, 15) is 9.59 Å². The molecule has 1 fully saturated rings. The average Bonchev–Trinajstić information content (AvgIpc) is 2.52. The van der Waals surface area contributed by atoms with Crippen LogP contribution in [0.15, 0.2) is 24.3 Å². The predicted octanol–water partition coefficient (Wildman–Crippen LogP) is -0.616. The lowest BCUT2D eigenvalue weighted by atomic mass is 10.2. The van der Waals surface area contributed by atoms with Gasteiger partial charge in [0, 0.05) is 13.1 Å². The van der Waals surface area contributed by atoms with Gasteiger partial charge >= 0.3 is 0 Å². The number of aliphatic hydroxyl groups is 1. The third-order valence-electron chi connectivity index (χ3n) is 3.20. The van der Waals surface area contributed by atoms with E-state index in [-0.39, 0.29) is 36.5 Å². The van der Waals surface area contributed by atoms with Crippen molar-refractivity contribution in [1.82, 2.24) is 4.90 Å². The Balaban J connectivity index is 1.94. The summed E-state index contributed by atoms with van der Waals surface area (Å²) < 4.78 is 10.7. The number of rotatable bonds is 5. The van der Waals surface area contributed by atoms with Crippen molar-refractivity contribution in [3.63, 3.8) is 0 Å². The minimum Gasteiger partial charge on any atom is -0.483 e. The summed E-state index contributed by atoms with van der Waals surface area (Å²) in [6, 6.07) is 6.49. The Kier molecular flexibility index (Phi) is 5.13. The first-order valence-electron chi connectivity index (χ1n) is 6.63. The maximum atomic E-state index is 12.1. The van der Waals surface area contributed by atoms with E-state index >= 15 is 0 Å². The van der Waals surface area contributed by atoms with Crippen LogP contribution in [-0.4, -0.2) is 60.8 Å². The molecule has 0 spiro atoms. The summed E-state index contributed by atoms with van der Waals surface area (Å²) in [5.74, 6) is -0.550. The molecule has 1 aliphatic heterocycles. The predicted molar refractivity (Wildman–Crippen MR) is 73.9 cm³/mol. The zero-order chi connectivity index (χ0) is 15.2. The van der Waals surface area contributed by atoms with Gasteiger partial charge in [0.05, 0.1) is 24.9 Å². The van der Waals surface area contributed by atoms with Gasteiger partial charge in [0.25, 0.3) is 11.8 Å². The van der Waals surface area contributed by atoms with Crippen molar-refractivity contribution in [3.8, 4) is 5.75 Å². The van der Waals surface area contributed by atoms with Gasteiger partial charge in [-0.1, -0.05) is 12.1 Å². The number of carbonyl (C=O) groups excluding carboxylic acids is 2. The van der Waals surface area contributed by atoms with E-state index in [0.717, 1.165) is 0 Å². The average molecular weight is 294 g/mol. The molecule has 1 saturated heterocycles. The molecule has 7 nitrogen and oxygen atoms in total. The number of para-hydroxylation sites is 1. The van der Waals surface area contributed by atoms with E-state index in [4.69, 9.17) is 20.3 Å². The Labute approximate surface area is 122 Å². The summed E-state index contributed by atoms with van der Waals surface area (Å²) in [7, 11) is 0. The summed E-state index contributed by atoms with van der Waals surface area (Å²) in [4.78, 5) is 24.9. The number of nitrogens with zero attached hydrogens (tertiary/aromatic N) is 1. The Morgan fingerprint density at radius 3 is 2.90 bits per heavy atom. The SMILES string of the molecule is NC(=O)c1ccccc1OCC(=O)N1CCOC(CO)C1. The van der Waals surface area contributed by atoms with Gasteiger partial charge in [-0.25, -0.2) is 0 Å². The number of benzene rings is 1. The number of morpholine rings is 1. The normalized spacial score (nSPS) is 18.3. The van der Waals surface area contributed by atoms with E-state index in [1.807, 2.05) is 0 Å². The molecule has 1 aromatic carbocycles. The molecule has 7 heteroatoms. The summed E-state index contributed by atoms with van der Waals surface area (Å²) in [6.07, 6.45) is -0.361. The fraction of sp³-hybridized carbons (Fsp3) is 0.429. The molecule has 3 N–H and O–H groups in total. The van der Waals surface area contributed by atoms with E-state index in [2.05, 4.69) is 0 Å². The smallest absolute Gasteiger partial charge is 0.260 e. The number of nitrogens with two attached hydrogens (primary N) is 1. The third-order valence-corrected chi connectivity index (χ3v) is 3.20. The number of ether oxygens (including phenoxy) is 2. The quantitative estimate of drug-likeness (QED) is 0.754. The molecule has 0 aliphatic carbocycles. The number of hydrogen-bond donors (Lipinski definition) is 2. The lowest BCUT2D eigenvalue weighted by Crippen LogP contribution is -2.48. The van der Waals surface area contributed by atoms with Crippen LogP contribution >= 0.6 is 0 Å². The molecule has 114 valence electrons. The second-order valence-electron chi connectivity index (χ2n) is 4.66. The monoisotopic (exact) mass is 294 g/mol. The maximum absolute atomic E-state index is 12.1. The van der Waals surface area contributed by atoms with Crippen molar-refractivity contribution in [2.24, 2.45) is 5.73 Å². The summed E-state index contributed by atoms with van der Waals surface area (Å²) in [5.41, 5.74) is 5.48. The van der Waals surface area contributed by atoms with Crippen molar-refractivity contribution in [1.29, 1.82) is 0 Å². The molecule has 1 atom stereocenters. The molecule has 0 aromatic heterocycles. The van der Waals surface area contributed by atoms with Gasteiger partial charge in [0.1, 0.15) is 5.75 Å². The van der Waals surface area contributed by atoms with Crippen molar-refractivity contribution >= 4 is 11.8 Å². The largest absolute Gasteiger partial charge is 0.483 e. The van der Waals surface area contributed by atoms with Crippen LogP contribution in [0, 0.1) is 0 Å². The first-order valence-corrected chi connectivity index (χ1v) is 6.63. The topological polar surface area (TPSA) is 102 Å². The van der Waals surface area contributed by atoms with Crippen molar-refractivity contribution in [2.75, 3.05) is 32.9 Å². The van der Waals surface area contributed by atoms with Crippen LogP contribution in [0.25, 0.3) is 0 Å². The molecule has 2 rings (SSSR count). The van der Waals surface area contributed by atoms with E-state index < -0.39 is 5.91 Å². The van der Waals surface area contributed by atoms with Crippen LogP contribution in [0.2, 0.25) is 0 Å².